The van der Waals surface area contributed by atoms with Crippen molar-refractivity contribution in [2.24, 2.45) is 0 Å². The third kappa shape index (κ3) is 1.85. The molecule has 3 rings (SSSR count). The van der Waals surface area contributed by atoms with Gasteiger partial charge in [0.15, 0.2) is 11.2 Å². The Bertz CT molecular complexity index is 748. The third-order valence-electron chi connectivity index (χ3n) is 3.23. The van der Waals surface area contributed by atoms with Crippen LogP contribution in [0.1, 0.15) is 12.5 Å². The fourth-order valence-corrected chi connectivity index (χ4v) is 2.17. The van der Waals surface area contributed by atoms with E-state index in [0.717, 1.165) is 12.1 Å². The van der Waals surface area contributed by atoms with Crippen LogP contribution in [0.15, 0.2) is 30.6 Å². The molecule has 0 fully saturated rings. The molecule has 2 N–H and O–H groups in total. The van der Waals surface area contributed by atoms with E-state index in [1.807, 2.05) is 12.1 Å². The highest BCUT2D eigenvalue weighted by Crippen LogP contribution is 2.26. The molecule has 0 aliphatic heterocycles. The molecule has 1 aromatic carbocycles. The molecular formula is C14H15N5O. The van der Waals surface area contributed by atoms with Crippen LogP contribution >= 0.6 is 0 Å². The first-order valence-electron chi connectivity index (χ1n) is 6.36. The molecule has 2 heterocycles. The number of benzene rings is 1. The number of anilines is 1. The summed E-state index contributed by atoms with van der Waals surface area (Å²) in [7, 11) is 1.55. The van der Waals surface area contributed by atoms with E-state index in [2.05, 4.69) is 34.0 Å². The summed E-state index contributed by atoms with van der Waals surface area (Å²) in [6.07, 6.45) is 2.44. The number of nitrogen functional groups attached to an aromatic ring is 1. The summed E-state index contributed by atoms with van der Waals surface area (Å²) in [5, 5.41) is 0. The van der Waals surface area contributed by atoms with Crippen LogP contribution < -0.4 is 10.5 Å². The van der Waals surface area contributed by atoms with Crippen molar-refractivity contribution in [2.75, 3.05) is 12.8 Å². The molecular weight excluding hydrogens is 254 g/mol. The standard InChI is InChI=1S/C14H15N5O/c1-3-9-4-6-10(7-5-9)19-12-11(18-14(19)15)13(20-2)17-8-16-12/h4-8H,3H2,1-2H3,(H2,15,18). The Hall–Kier alpha value is -2.63. The fourth-order valence-electron chi connectivity index (χ4n) is 2.17. The number of aromatic nitrogens is 4. The molecule has 102 valence electrons. The molecule has 0 spiro atoms. The highest BCUT2D eigenvalue weighted by atomic mass is 16.5. The summed E-state index contributed by atoms with van der Waals surface area (Å²) in [6, 6.07) is 8.15. The van der Waals surface area contributed by atoms with Crippen LogP contribution in [0.5, 0.6) is 5.88 Å². The van der Waals surface area contributed by atoms with Crippen molar-refractivity contribution in [1.82, 2.24) is 19.5 Å². The molecule has 0 radical (unpaired) electrons. The van der Waals surface area contributed by atoms with Crippen LogP contribution in [-0.4, -0.2) is 26.6 Å². The van der Waals surface area contributed by atoms with Gasteiger partial charge in [0.05, 0.1) is 12.8 Å². The van der Waals surface area contributed by atoms with E-state index in [0.29, 0.717) is 23.0 Å². The highest BCUT2D eigenvalue weighted by molar-refractivity contribution is 5.81. The molecule has 3 aromatic rings. The van der Waals surface area contributed by atoms with Crippen molar-refractivity contribution in [3.63, 3.8) is 0 Å². The molecule has 0 saturated carbocycles. The lowest BCUT2D eigenvalue weighted by Crippen LogP contribution is -2.01. The Balaban J connectivity index is 2.22. The normalized spacial score (nSPS) is 10.9. The number of rotatable bonds is 3. The average molecular weight is 269 g/mol. The van der Waals surface area contributed by atoms with E-state index in [1.54, 1.807) is 11.7 Å². The van der Waals surface area contributed by atoms with E-state index in [4.69, 9.17) is 10.5 Å². The zero-order valence-corrected chi connectivity index (χ0v) is 11.4. The summed E-state index contributed by atoms with van der Waals surface area (Å²) in [4.78, 5) is 12.6. The molecule has 0 amide bonds. The lowest BCUT2D eigenvalue weighted by atomic mass is 10.1. The van der Waals surface area contributed by atoms with Gasteiger partial charge in [-0.15, -0.1) is 0 Å². The zero-order valence-electron chi connectivity index (χ0n) is 11.4. The summed E-state index contributed by atoms with van der Waals surface area (Å²) in [5.41, 5.74) is 9.39. The minimum Gasteiger partial charge on any atom is -0.479 e. The Morgan fingerprint density at radius 2 is 1.95 bits per heavy atom. The van der Waals surface area contributed by atoms with Crippen molar-refractivity contribution in [3.8, 4) is 11.6 Å². The smallest absolute Gasteiger partial charge is 0.245 e. The Kier molecular flexibility index (Phi) is 2.98. The van der Waals surface area contributed by atoms with Gasteiger partial charge in [0.2, 0.25) is 11.8 Å². The molecule has 0 bridgehead atoms. The number of imidazole rings is 1. The minimum absolute atomic E-state index is 0.364. The van der Waals surface area contributed by atoms with E-state index in [1.165, 1.54) is 11.9 Å². The maximum atomic E-state index is 6.01. The van der Waals surface area contributed by atoms with Gasteiger partial charge in [0.25, 0.3) is 0 Å². The number of hydrogen-bond acceptors (Lipinski definition) is 5. The van der Waals surface area contributed by atoms with Gasteiger partial charge in [0, 0.05) is 0 Å². The van der Waals surface area contributed by atoms with Crippen molar-refractivity contribution < 1.29 is 4.74 Å². The molecule has 2 aromatic heterocycles. The highest BCUT2D eigenvalue weighted by Gasteiger charge is 2.15. The van der Waals surface area contributed by atoms with Gasteiger partial charge in [-0.2, -0.15) is 4.98 Å². The van der Waals surface area contributed by atoms with Gasteiger partial charge in [-0.05, 0) is 24.1 Å². The number of methoxy groups -OCH3 is 1. The lowest BCUT2D eigenvalue weighted by molar-refractivity contribution is 0.401. The molecule has 20 heavy (non-hydrogen) atoms. The van der Waals surface area contributed by atoms with E-state index in [-0.39, 0.29) is 0 Å². The van der Waals surface area contributed by atoms with Crippen LogP contribution in [0.2, 0.25) is 0 Å². The summed E-state index contributed by atoms with van der Waals surface area (Å²) in [6.45, 7) is 2.12. The van der Waals surface area contributed by atoms with E-state index < -0.39 is 0 Å². The van der Waals surface area contributed by atoms with Gasteiger partial charge in [-0.25, -0.2) is 9.97 Å². The lowest BCUT2D eigenvalue weighted by Gasteiger charge is -2.06. The number of nitrogens with two attached hydrogens (primary N) is 1. The number of fused-ring (bicyclic) bond motifs is 1. The van der Waals surface area contributed by atoms with Crippen LogP contribution in [0.25, 0.3) is 16.9 Å². The maximum absolute atomic E-state index is 6.01. The van der Waals surface area contributed by atoms with Gasteiger partial charge in [-0.3, -0.25) is 4.57 Å². The largest absolute Gasteiger partial charge is 0.479 e. The van der Waals surface area contributed by atoms with Crippen LogP contribution in [0.4, 0.5) is 5.95 Å². The Morgan fingerprint density at radius 1 is 1.20 bits per heavy atom. The summed E-state index contributed by atoms with van der Waals surface area (Å²) >= 11 is 0. The molecule has 0 aliphatic carbocycles. The maximum Gasteiger partial charge on any atom is 0.245 e. The second-order valence-corrected chi connectivity index (χ2v) is 4.38. The van der Waals surface area contributed by atoms with Gasteiger partial charge >= 0.3 is 0 Å². The van der Waals surface area contributed by atoms with Gasteiger partial charge in [-0.1, -0.05) is 19.1 Å². The third-order valence-corrected chi connectivity index (χ3v) is 3.23. The predicted octanol–water partition coefficient (Wildman–Crippen LogP) is 1.97. The Morgan fingerprint density at radius 3 is 2.60 bits per heavy atom. The van der Waals surface area contributed by atoms with Crippen molar-refractivity contribution in [1.29, 1.82) is 0 Å². The van der Waals surface area contributed by atoms with Crippen molar-refractivity contribution in [2.45, 2.75) is 13.3 Å². The number of aryl methyl sites for hydroxylation is 1. The monoisotopic (exact) mass is 269 g/mol. The second kappa shape index (κ2) is 4.80. The van der Waals surface area contributed by atoms with Gasteiger partial charge in [0.1, 0.15) is 6.33 Å². The van der Waals surface area contributed by atoms with Crippen LogP contribution in [0, 0.1) is 0 Å². The minimum atomic E-state index is 0.364. The first-order valence-corrected chi connectivity index (χ1v) is 6.36. The zero-order chi connectivity index (χ0) is 14.1. The number of nitrogens with zero attached hydrogens (tertiary/aromatic N) is 4. The summed E-state index contributed by atoms with van der Waals surface area (Å²) in [5.74, 6) is 0.786. The SMILES string of the molecule is CCc1ccc(-n2c(N)nc3c(OC)ncnc32)cc1. The molecule has 0 unspecified atom stereocenters. The van der Waals surface area contributed by atoms with Crippen LogP contribution in [-0.2, 0) is 6.42 Å². The second-order valence-electron chi connectivity index (χ2n) is 4.38. The van der Waals surface area contributed by atoms with Crippen molar-refractivity contribution in [3.05, 3.63) is 36.2 Å². The molecule has 6 nitrogen and oxygen atoms in total. The molecule has 0 aliphatic rings. The Labute approximate surface area is 116 Å². The van der Waals surface area contributed by atoms with Crippen LogP contribution in [0.3, 0.4) is 0 Å². The fraction of sp³-hybridized carbons (Fsp3) is 0.214. The predicted molar refractivity (Wildman–Crippen MR) is 77.0 cm³/mol. The number of ether oxygens (including phenoxy) is 1. The summed E-state index contributed by atoms with van der Waals surface area (Å²) < 4.78 is 6.98. The molecule has 0 saturated heterocycles. The quantitative estimate of drug-likeness (QED) is 0.786. The molecule has 0 atom stereocenters. The number of hydrogen-bond donors (Lipinski definition) is 1. The van der Waals surface area contributed by atoms with Gasteiger partial charge < -0.3 is 10.5 Å². The van der Waals surface area contributed by atoms with E-state index in [9.17, 15) is 0 Å². The topological polar surface area (TPSA) is 78.9 Å². The average Bonchev–Trinajstić information content (AvgIpc) is 2.83. The molecule has 6 heteroatoms. The first kappa shape index (κ1) is 12.4. The first-order chi connectivity index (χ1) is 9.74. The van der Waals surface area contributed by atoms with E-state index >= 15 is 0 Å². The van der Waals surface area contributed by atoms with Crippen molar-refractivity contribution >= 4 is 17.1 Å².